The zero-order valence-electron chi connectivity index (χ0n) is 13.2. The Morgan fingerprint density at radius 2 is 2.17 bits per heavy atom. The second-order valence-corrected chi connectivity index (χ2v) is 5.70. The van der Waals surface area contributed by atoms with Crippen molar-refractivity contribution >= 4 is 34.5 Å². The SMILES string of the molecule is C=CCNC(=O)CSc1nc2ccccc2c(=O)n1CC(=O)OC. The summed E-state index contributed by atoms with van der Waals surface area (Å²) in [5.74, 6) is -0.709. The maximum Gasteiger partial charge on any atom is 0.325 e. The van der Waals surface area contributed by atoms with Crippen molar-refractivity contribution in [1.82, 2.24) is 14.9 Å². The molecule has 0 radical (unpaired) electrons. The average molecular weight is 347 g/mol. The summed E-state index contributed by atoms with van der Waals surface area (Å²) in [6.45, 7) is 3.62. The summed E-state index contributed by atoms with van der Waals surface area (Å²) >= 11 is 1.08. The number of methoxy groups -OCH3 is 1. The van der Waals surface area contributed by atoms with Crippen molar-refractivity contribution in [2.24, 2.45) is 0 Å². The molecule has 1 aromatic carbocycles. The van der Waals surface area contributed by atoms with E-state index in [2.05, 4.69) is 21.6 Å². The molecule has 1 amide bonds. The van der Waals surface area contributed by atoms with Gasteiger partial charge in [0.25, 0.3) is 5.56 Å². The minimum atomic E-state index is -0.563. The van der Waals surface area contributed by atoms with Crippen molar-refractivity contribution in [3.05, 3.63) is 47.3 Å². The van der Waals surface area contributed by atoms with Crippen LogP contribution in [-0.4, -0.2) is 40.8 Å². The van der Waals surface area contributed by atoms with Crippen LogP contribution in [0, 0.1) is 0 Å². The van der Waals surface area contributed by atoms with E-state index in [1.165, 1.54) is 11.7 Å². The number of ether oxygens (including phenoxy) is 1. The fraction of sp³-hybridized carbons (Fsp3) is 0.250. The van der Waals surface area contributed by atoms with Crippen LogP contribution >= 0.6 is 11.8 Å². The zero-order chi connectivity index (χ0) is 17.5. The van der Waals surface area contributed by atoms with E-state index < -0.39 is 5.97 Å². The molecule has 1 N–H and O–H groups in total. The molecular formula is C16H17N3O4S. The summed E-state index contributed by atoms with van der Waals surface area (Å²) in [6.07, 6.45) is 1.57. The predicted molar refractivity (Wildman–Crippen MR) is 91.9 cm³/mol. The topological polar surface area (TPSA) is 90.3 Å². The molecule has 0 aliphatic carbocycles. The number of carbonyl (C=O) groups excluding carboxylic acids is 2. The molecule has 0 bridgehead atoms. The van der Waals surface area contributed by atoms with Gasteiger partial charge in [-0.15, -0.1) is 6.58 Å². The lowest BCUT2D eigenvalue weighted by Gasteiger charge is -2.12. The Labute approximate surface area is 142 Å². The van der Waals surface area contributed by atoms with E-state index in [1.807, 2.05) is 0 Å². The monoisotopic (exact) mass is 347 g/mol. The third-order valence-electron chi connectivity index (χ3n) is 3.12. The first-order chi connectivity index (χ1) is 11.6. The van der Waals surface area contributed by atoms with Gasteiger partial charge in [-0.25, -0.2) is 4.98 Å². The molecule has 2 rings (SSSR count). The minimum Gasteiger partial charge on any atom is -0.468 e. The van der Waals surface area contributed by atoms with E-state index in [0.717, 1.165) is 11.8 Å². The van der Waals surface area contributed by atoms with E-state index >= 15 is 0 Å². The number of carbonyl (C=O) groups is 2. The number of hydrogen-bond donors (Lipinski definition) is 1. The number of benzene rings is 1. The molecule has 2 aromatic rings. The molecule has 0 atom stereocenters. The van der Waals surface area contributed by atoms with Gasteiger partial charge in [-0.1, -0.05) is 30.0 Å². The summed E-state index contributed by atoms with van der Waals surface area (Å²) in [5, 5.41) is 3.34. The number of nitrogens with zero attached hydrogens (tertiary/aromatic N) is 2. The lowest BCUT2D eigenvalue weighted by molar-refractivity contribution is -0.141. The molecule has 0 spiro atoms. The molecule has 0 aliphatic rings. The van der Waals surface area contributed by atoms with Gasteiger partial charge in [0.05, 0.1) is 23.8 Å². The van der Waals surface area contributed by atoms with Crippen molar-refractivity contribution in [3.8, 4) is 0 Å². The van der Waals surface area contributed by atoms with Crippen molar-refractivity contribution in [2.75, 3.05) is 19.4 Å². The second-order valence-electron chi connectivity index (χ2n) is 4.76. The molecule has 0 aliphatic heterocycles. The van der Waals surface area contributed by atoms with Crippen LogP contribution in [0.4, 0.5) is 0 Å². The van der Waals surface area contributed by atoms with Gasteiger partial charge in [-0.3, -0.25) is 19.0 Å². The molecule has 1 heterocycles. The van der Waals surface area contributed by atoms with Crippen LogP contribution in [0.15, 0.2) is 46.9 Å². The van der Waals surface area contributed by atoms with Gasteiger partial charge in [0.15, 0.2) is 5.16 Å². The van der Waals surface area contributed by atoms with Crippen LogP contribution < -0.4 is 10.9 Å². The summed E-state index contributed by atoms with van der Waals surface area (Å²) < 4.78 is 5.85. The summed E-state index contributed by atoms with van der Waals surface area (Å²) in [7, 11) is 1.25. The van der Waals surface area contributed by atoms with E-state index in [4.69, 9.17) is 0 Å². The van der Waals surface area contributed by atoms with Crippen LogP contribution in [0.5, 0.6) is 0 Å². The Morgan fingerprint density at radius 3 is 2.88 bits per heavy atom. The van der Waals surface area contributed by atoms with Crippen LogP contribution in [0.25, 0.3) is 10.9 Å². The van der Waals surface area contributed by atoms with Gasteiger partial charge in [-0.05, 0) is 12.1 Å². The van der Waals surface area contributed by atoms with Crippen LogP contribution in [0.2, 0.25) is 0 Å². The van der Waals surface area contributed by atoms with E-state index in [0.29, 0.717) is 17.4 Å². The average Bonchev–Trinajstić information content (AvgIpc) is 2.60. The van der Waals surface area contributed by atoms with Crippen molar-refractivity contribution in [3.63, 3.8) is 0 Å². The quantitative estimate of drug-likeness (QED) is 0.347. The molecule has 0 fully saturated rings. The first-order valence-corrected chi connectivity index (χ1v) is 8.12. The van der Waals surface area contributed by atoms with Gasteiger partial charge in [0.2, 0.25) is 5.91 Å². The number of para-hydroxylation sites is 1. The lowest BCUT2D eigenvalue weighted by Crippen LogP contribution is -2.29. The standard InChI is InChI=1S/C16H17N3O4S/c1-3-8-17-13(20)10-24-16-18-12-7-5-4-6-11(12)15(22)19(16)9-14(21)23-2/h3-7H,1,8-10H2,2H3,(H,17,20). The number of fused-ring (bicyclic) bond motifs is 1. The summed E-state index contributed by atoms with van der Waals surface area (Å²) in [6, 6.07) is 6.85. The van der Waals surface area contributed by atoms with Crippen LogP contribution in [-0.2, 0) is 20.9 Å². The molecule has 0 saturated heterocycles. The molecule has 1 aromatic heterocycles. The number of hydrogen-bond acceptors (Lipinski definition) is 6. The number of thioether (sulfide) groups is 1. The summed E-state index contributed by atoms with van der Waals surface area (Å²) in [4.78, 5) is 40.3. The molecule has 8 heteroatoms. The number of amides is 1. The maximum absolute atomic E-state index is 12.6. The highest BCUT2D eigenvalue weighted by Gasteiger charge is 2.15. The first-order valence-electron chi connectivity index (χ1n) is 7.13. The normalized spacial score (nSPS) is 10.4. The Morgan fingerprint density at radius 1 is 1.42 bits per heavy atom. The minimum absolute atomic E-state index is 0.0692. The Bertz CT molecular complexity index is 832. The molecule has 7 nitrogen and oxygen atoms in total. The molecule has 126 valence electrons. The second kappa shape index (κ2) is 8.30. The number of aromatic nitrogens is 2. The lowest BCUT2D eigenvalue weighted by atomic mass is 10.2. The highest BCUT2D eigenvalue weighted by molar-refractivity contribution is 7.99. The van der Waals surface area contributed by atoms with E-state index in [-0.39, 0.29) is 28.9 Å². The van der Waals surface area contributed by atoms with Gasteiger partial charge in [0.1, 0.15) is 6.54 Å². The first kappa shape index (κ1) is 17.7. The number of nitrogens with one attached hydrogen (secondary N) is 1. The van der Waals surface area contributed by atoms with E-state index in [1.54, 1.807) is 30.3 Å². The molecule has 24 heavy (non-hydrogen) atoms. The Kier molecular flexibility index (Phi) is 6.14. The highest BCUT2D eigenvalue weighted by Crippen LogP contribution is 2.17. The van der Waals surface area contributed by atoms with Gasteiger partial charge in [-0.2, -0.15) is 0 Å². The third kappa shape index (κ3) is 4.23. The van der Waals surface area contributed by atoms with Crippen molar-refractivity contribution in [2.45, 2.75) is 11.7 Å². The van der Waals surface area contributed by atoms with Gasteiger partial charge in [0, 0.05) is 6.54 Å². The Hall–Kier alpha value is -2.61. The van der Waals surface area contributed by atoms with Gasteiger partial charge < -0.3 is 10.1 Å². The molecular weight excluding hydrogens is 330 g/mol. The smallest absolute Gasteiger partial charge is 0.325 e. The fourth-order valence-electron chi connectivity index (χ4n) is 1.96. The summed E-state index contributed by atoms with van der Waals surface area (Å²) in [5.41, 5.74) is 0.164. The number of esters is 1. The highest BCUT2D eigenvalue weighted by atomic mass is 32.2. The molecule has 0 unspecified atom stereocenters. The van der Waals surface area contributed by atoms with Crippen LogP contribution in [0.1, 0.15) is 0 Å². The number of rotatable bonds is 7. The van der Waals surface area contributed by atoms with Crippen molar-refractivity contribution in [1.29, 1.82) is 0 Å². The fourth-order valence-corrected chi connectivity index (χ4v) is 2.79. The Balaban J connectivity index is 2.36. The zero-order valence-corrected chi connectivity index (χ0v) is 14.0. The van der Waals surface area contributed by atoms with Gasteiger partial charge >= 0.3 is 5.97 Å². The van der Waals surface area contributed by atoms with Crippen molar-refractivity contribution < 1.29 is 14.3 Å². The predicted octanol–water partition coefficient (Wildman–Crippen LogP) is 0.964. The molecule has 0 saturated carbocycles. The largest absolute Gasteiger partial charge is 0.468 e. The third-order valence-corrected chi connectivity index (χ3v) is 4.09. The maximum atomic E-state index is 12.6. The van der Waals surface area contributed by atoms with E-state index in [9.17, 15) is 14.4 Å². The van der Waals surface area contributed by atoms with Crippen LogP contribution in [0.3, 0.4) is 0 Å².